The van der Waals surface area contributed by atoms with Gasteiger partial charge in [0.1, 0.15) is 0 Å². The summed E-state index contributed by atoms with van der Waals surface area (Å²) in [5, 5.41) is 4.49. The molecule has 3 nitrogen and oxygen atoms in total. The Morgan fingerprint density at radius 1 is 1.32 bits per heavy atom. The lowest BCUT2D eigenvalue weighted by atomic mass is 9.85. The Kier molecular flexibility index (Phi) is 4.85. The molecule has 0 aromatic carbocycles. The summed E-state index contributed by atoms with van der Waals surface area (Å²) >= 11 is 1.88. The van der Waals surface area contributed by atoms with Gasteiger partial charge >= 0.3 is 0 Å². The molecule has 0 radical (unpaired) electrons. The van der Waals surface area contributed by atoms with Gasteiger partial charge in [0.05, 0.1) is 5.69 Å². The molecule has 0 amide bonds. The Labute approximate surface area is 121 Å². The van der Waals surface area contributed by atoms with Crippen molar-refractivity contribution in [2.75, 3.05) is 25.0 Å². The monoisotopic (exact) mass is 281 g/mol. The zero-order valence-electron chi connectivity index (χ0n) is 12.8. The molecule has 19 heavy (non-hydrogen) atoms. The second-order valence-corrected chi connectivity index (χ2v) is 7.32. The molecule has 2 heterocycles. The number of aryl methyl sites for hydroxylation is 1. The Balaban J connectivity index is 2.12. The highest BCUT2D eigenvalue weighted by Gasteiger charge is 2.24. The van der Waals surface area contributed by atoms with Gasteiger partial charge in [0.2, 0.25) is 0 Å². The Hall–Kier alpha value is -0.610. The van der Waals surface area contributed by atoms with Gasteiger partial charge in [-0.1, -0.05) is 20.8 Å². The molecule has 1 aliphatic heterocycles. The number of hydrogen-bond acceptors (Lipinski definition) is 4. The standard InChI is InChI=1S/C15H27N3S/c1-5-12-13(11-16-4)19-14(17-12)18-9-6-7-15(2,3)8-10-18/h16H,5-11H2,1-4H3. The van der Waals surface area contributed by atoms with Crippen LogP contribution in [0.4, 0.5) is 5.13 Å². The zero-order valence-corrected chi connectivity index (χ0v) is 13.6. The van der Waals surface area contributed by atoms with Crippen LogP contribution in [-0.2, 0) is 13.0 Å². The molecular weight excluding hydrogens is 254 g/mol. The molecule has 2 rings (SSSR count). The van der Waals surface area contributed by atoms with E-state index in [1.54, 1.807) is 0 Å². The molecule has 0 bridgehead atoms. The van der Waals surface area contributed by atoms with Crippen LogP contribution in [0.1, 0.15) is 50.6 Å². The van der Waals surface area contributed by atoms with Gasteiger partial charge in [-0.05, 0) is 38.1 Å². The first kappa shape index (κ1) is 14.8. The molecule has 4 heteroatoms. The summed E-state index contributed by atoms with van der Waals surface area (Å²) in [6, 6.07) is 0. The lowest BCUT2D eigenvalue weighted by molar-refractivity contribution is 0.325. The molecule has 0 atom stereocenters. The van der Waals surface area contributed by atoms with Crippen molar-refractivity contribution in [1.82, 2.24) is 10.3 Å². The molecule has 0 aliphatic carbocycles. The van der Waals surface area contributed by atoms with E-state index in [1.807, 2.05) is 18.4 Å². The first-order valence-corrected chi connectivity index (χ1v) is 8.25. The summed E-state index contributed by atoms with van der Waals surface area (Å²) in [7, 11) is 2.01. The van der Waals surface area contributed by atoms with Gasteiger partial charge in [-0.3, -0.25) is 0 Å². The van der Waals surface area contributed by atoms with Gasteiger partial charge < -0.3 is 10.2 Å². The van der Waals surface area contributed by atoms with Gasteiger partial charge in [-0.15, -0.1) is 11.3 Å². The molecule has 108 valence electrons. The third kappa shape index (κ3) is 3.69. The molecule has 0 spiro atoms. The molecule has 0 saturated carbocycles. The first-order valence-electron chi connectivity index (χ1n) is 7.44. The van der Waals surface area contributed by atoms with E-state index < -0.39 is 0 Å². The van der Waals surface area contributed by atoms with E-state index in [9.17, 15) is 0 Å². The van der Waals surface area contributed by atoms with Crippen LogP contribution in [0, 0.1) is 5.41 Å². The predicted molar refractivity (Wildman–Crippen MR) is 84.1 cm³/mol. The van der Waals surface area contributed by atoms with E-state index in [1.165, 1.54) is 41.5 Å². The van der Waals surface area contributed by atoms with Crippen molar-refractivity contribution < 1.29 is 0 Å². The van der Waals surface area contributed by atoms with Crippen LogP contribution in [0.2, 0.25) is 0 Å². The van der Waals surface area contributed by atoms with E-state index >= 15 is 0 Å². The van der Waals surface area contributed by atoms with Crippen molar-refractivity contribution in [2.24, 2.45) is 5.41 Å². The van der Waals surface area contributed by atoms with Crippen molar-refractivity contribution in [3.8, 4) is 0 Å². The number of anilines is 1. The average molecular weight is 281 g/mol. The van der Waals surface area contributed by atoms with E-state index in [0.717, 1.165) is 19.5 Å². The van der Waals surface area contributed by atoms with Crippen LogP contribution in [0.25, 0.3) is 0 Å². The number of rotatable bonds is 4. The van der Waals surface area contributed by atoms with E-state index in [4.69, 9.17) is 4.98 Å². The lowest BCUT2D eigenvalue weighted by Gasteiger charge is -2.22. The second kappa shape index (κ2) is 6.23. The summed E-state index contributed by atoms with van der Waals surface area (Å²) in [6.45, 7) is 10.2. The predicted octanol–water partition coefficient (Wildman–Crippen LogP) is 3.44. The highest BCUT2D eigenvalue weighted by Crippen LogP contribution is 2.34. The van der Waals surface area contributed by atoms with Crippen molar-refractivity contribution >= 4 is 16.5 Å². The third-order valence-electron chi connectivity index (χ3n) is 4.05. The Morgan fingerprint density at radius 2 is 2.11 bits per heavy atom. The lowest BCUT2D eigenvalue weighted by Crippen LogP contribution is -2.24. The Bertz CT molecular complexity index is 412. The van der Waals surface area contributed by atoms with Crippen LogP contribution in [0.15, 0.2) is 0 Å². The van der Waals surface area contributed by atoms with Crippen LogP contribution < -0.4 is 10.2 Å². The molecule has 1 N–H and O–H groups in total. The molecule has 1 saturated heterocycles. The third-order valence-corrected chi connectivity index (χ3v) is 5.21. The fourth-order valence-corrected chi connectivity index (χ4v) is 3.91. The van der Waals surface area contributed by atoms with E-state index in [2.05, 4.69) is 31.0 Å². The fraction of sp³-hybridized carbons (Fsp3) is 0.800. The summed E-state index contributed by atoms with van der Waals surface area (Å²) in [4.78, 5) is 8.77. The molecule has 1 aliphatic rings. The summed E-state index contributed by atoms with van der Waals surface area (Å²) in [6.07, 6.45) is 4.93. The van der Waals surface area contributed by atoms with Gasteiger partial charge in [0.25, 0.3) is 0 Å². The summed E-state index contributed by atoms with van der Waals surface area (Å²) < 4.78 is 0. The van der Waals surface area contributed by atoms with Gasteiger partial charge in [0.15, 0.2) is 5.13 Å². The van der Waals surface area contributed by atoms with Gasteiger partial charge in [-0.2, -0.15) is 0 Å². The minimum Gasteiger partial charge on any atom is -0.348 e. The second-order valence-electron chi connectivity index (χ2n) is 6.26. The van der Waals surface area contributed by atoms with Crippen molar-refractivity contribution in [2.45, 2.75) is 53.0 Å². The smallest absolute Gasteiger partial charge is 0.185 e. The Morgan fingerprint density at radius 3 is 2.79 bits per heavy atom. The quantitative estimate of drug-likeness (QED) is 0.916. The number of hydrogen-bond donors (Lipinski definition) is 1. The molecule has 0 unspecified atom stereocenters. The van der Waals surface area contributed by atoms with Crippen molar-refractivity contribution in [3.63, 3.8) is 0 Å². The van der Waals surface area contributed by atoms with Crippen LogP contribution in [0.5, 0.6) is 0 Å². The fourth-order valence-electron chi connectivity index (χ4n) is 2.69. The van der Waals surface area contributed by atoms with Crippen LogP contribution in [-0.4, -0.2) is 25.1 Å². The number of nitrogens with one attached hydrogen (secondary N) is 1. The molecular formula is C15H27N3S. The van der Waals surface area contributed by atoms with E-state index in [-0.39, 0.29) is 0 Å². The average Bonchev–Trinajstić information content (AvgIpc) is 2.67. The van der Waals surface area contributed by atoms with Crippen LogP contribution >= 0.6 is 11.3 Å². The molecule has 1 aromatic heterocycles. The van der Waals surface area contributed by atoms with Gasteiger partial charge in [-0.25, -0.2) is 4.98 Å². The summed E-state index contributed by atoms with van der Waals surface area (Å²) in [5.74, 6) is 0. The highest BCUT2D eigenvalue weighted by atomic mass is 32.1. The van der Waals surface area contributed by atoms with E-state index in [0.29, 0.717) is 5.41 Å². The zero-order chi connectivity index (χ0) is 13.9. The van der Waals surface area contributed by atoms with Crippen molar-refractivity contribution in [3.05, 3.63) is 10.6 Å². The highest BCUT2D eigenvalue weighted by molar-refractivity contribution is 7.15. The minimum atomic E-state index is 0.493. The normalized spacial score (nSPS) is 19.5. The topological polar surface area (TPSA) is 28.2 Å². The maximum atomic E-state index is 4.86. The largest absolute Gasteiger partial charge is 0.348 e. The first-order chi connectivity index (χ1) is 9.05. The van der Waals surface area contributed by atoms with Crippen molar-refractivity contribution in [1.29, 1.82) is 0 Å². The SMILES string of the molecule is CCc1nc(N2CCCC(C)(C)CC2)sc1CNC. The maximum absolute atomic E-state index is 4.86. The number of thiazole rings is 1. The molecule has 1 aromatic rings. The molecule has 1 fully saturated rings. The van der Waals surface area contributed by atoms with Gasteiger partial charge in [0, 0.05) is 24.5 Å². The number of aromatic nitrogens is 1. The maximum Gasteiger partial charge on any atom is 0.185 e. The van der Waals surface area contributed by atoms with Crippen LogP contribution in [0.3, 0.4) is 0 Å². The number of nitrogens with zero attached hydrogens (tertiary/aromatic N) is 2. The summed E-state index contributed by atoms with van der Waals surface area (Å²) in [5.41, 5.74) is 1.77. The minimum absolute atomic E-state index is 0.493.